The van der Waals surface area contributed by atoms with E-state index in [0.29, 0.717) is 32.8 Å². The first-order valence-corrected chi connectivity index (χ1v) is 15.0. The van der Waals surface area contributed by atoms with Gasteiger partial charge in [0.05, 0.1) is 30.3 Å². The van der Waals surface area contributed by atoms with E-state index in [-0.39, 0.29) is 30.0 Å². The van der Waals surface area contributed by atoms with Gasteiger partial charge in [-0.05, 0) is 36.5 Å². The van der Waals surface area contributed by atoms with E-state index in [9.17, 15) is 18.3 Å². The lowest BCUT2D eigenvalue weighted by Gasteiger charge is -2.31. The van der Waals surface area contributed by atoms with Crippen molar-refractivity contribution in [1.82, 2.24) is 9.62 Å². The Kier molecular flexibility index (Phi) is 9.52. The number of amides is 1. The summed E-state index contributed by atoms with van der Waals surface area (Å²) in [6.45, 7) is 7.45. The molecule has 0 aromatic heterocycles. The Bertz CT molecular complexity index is 1190. The zero-order valence-corrected chi connectivity index (χ0v) is 23.3. The van der Waals surface area contributed by atoms with Crippen molar-refractivity contribution < 1.29 is 27.8 Å². The van der Waals surface area contributed by atoms with Crippen molar-refractivity contribution in [3.8, 4) is 0 Å². The highest BCUT2D eigenvalue weighted by molar-refractivity contribution is 7.89. The van der Waals surface area contributed by atoms with Crippen LogP contribution < -0.4 is 10.8 Å². The number of rotatable bonds is 11. The molecule has 0 saturated carbocycles. The maximum atomic E-state index is 13.8. The van der Waals surface area contributed by atoms with E-state index in [1.165, 1.54) is 9.77 Å². The van der Waals surface area contributed by atoms with Crippen molar-refractivity contribution in [3.63, 3.8) is 0 Å². The van der Waals surface area contributed by atoms with E-state index >= 15 is 0 Å². The number of ether oxygens (including phenoxy) is 2. The molecule has 1 fully saturated rings. The summed E-state index contributed by atoms with van der Waals surface area (Å²) in [5.41, 5.74) is 3.19. The van der Waals surface area contributed by atoms with Gasteiger partial charge in [0.1, 0.15) is 6.10 Å². The standard InChI is InChI=1S/C28H39BN2O6S/c1-20(2)17-31(38(34,35)24-9-10-25-22(16-24)11-13-29(25)3)18-27(32)26(15-21-7-5-4-6-8-21)30-28(33)37-23-12-14-36-19-23/h4-10,16,20,23,26-27,32H,11-15,17-19H2,1-3H3,(H,30,33)/t23?,26-,27+/m0/s1. The van der Waals surface area contributed by atoms with Crippen LogP contribution in [0.1, 0.15) is 31.4 Å². The number of sulfonamides is 1. The first kappa shape index (κ1) is 28.6. The number of fused-ring (bicyclic) bond motifs is 1. The second-order valence-electron chi connectivity index (χ2n) is 10.9. The molecule has 2 aromatic carbocycles. The van der Waals surface area contributed by atoms with E-state index in [1.54, 1.807) is 12.1 Å². The van der Waals surface area contributed by atoms with Crippen molar-refractivity contribution >= 4 is 28.3 Å². The Labute approximate surface area is 226 Å². The largest absolute Gasteiger partial charge is 0.444 e. The second-order valence-corrected chi connectivity index (χ2v) is 12.9. The van der Waals surface area contributed by atoms with Gasteiger partial charge in [-0.1, -0.05) is 74.4 Å². The summed E-state index contributed by atoms with van der Waals surface area (Å²) in [6, 6.07) is 14.1. The van der Waals surface area contributed by atoms with Crippen LogP contribution in [-0.2, 0) is 32.3 Å². The quantitative estimate of drug-likeness (QED) is 0.423. The Balaban J connectivity index is 1.54. The molecule has 0 spiro atoms. The van der Waals surface area contributed by atoms with Gasteiger partial charge >= 0.3 is 6.09 Å². The molecule has 0 bridgehead atoms. The first-order valence-electron chi connectivity index (χ1n) is 13.5. The topological polar surface area (TPSA) is 105 Å². The number of aliphatic hydroxyl groups excluding tert-OH is 1. The molecule has 2 N–H and O–H groups in total. The zero-order valence-electron chi connectivity index (χ0n) is 22.5. The number of aliphatic hydroxyl groups is 1. The number of carbonyl (C=O) groups excluding carboxylic acids is 1. The van der Waals surface area contributed by atoms with Gasteiger partial charge in [-0.25, -0.2) is 13.2 Å². The molecule has 206 valence electrons. The molecule has 2 aliphatic rings. The van der Waals surface area contributed by atoms with E-state index in [4.69, 9.17) is 9.47 Å². The van der Waals surface area contributed by atoms with Crippen molar-refractivity contribution in [2.75, 3.05) is 26.3 Å². The highest BCUT2D eigenvalue weighted by Gasteiger charge is 2.33. The molecule has 38 heavy (non-hydrogen) atoms. The van der Waals surface area contributed by atoms with Crippen LogP contribution in [-0.4, -0.2) is 75.2 Å². The van der Waals surface area contributed by atoms with Crippen LogP contribution in [0.4, 0.5) is 4.79 Å². The van der Waals surface area contributed by atoms with Gasteiger partial charge in [0.15, 0.2) is 6.71 Å². The molecule has 4 rings (SSSR count). The molecular weight excluding hydrogens is 503 g/mol. The summed E-state index contributed by atoms with van der Waals surface area (Å²) in [5.74, 6) is 0.0410. The number of carbonyl (C=O) groups is 1. The third-order valence-corrected chi connectivity index (χ3v) is 9.14. The maximum absolute atomic E-state index is 13.8. The zero-order chi connectivity index (χ0) is 27.3. The summed E-state index contributed by atoms with van der Waals surface area (Å²) in [7, 11) is -3.87. The lowest BCUT2D eigenvalue weighted by molar-refractivity contribution is 0.0644. The van der Waals surface area contributed by atoms with Gasteiger partial charge in [-0.3, -0.25) is 0 Å². The molecule has 0 radical (unpaired) electrons. The van der Waals surface area contributed by atoms with Gasteiger partial charge in [0, 0.05) is 19.5 Å². The van der Waals surface area contributed by atoms with E-state index < -0.39 is 28.3 Å². The van der Waals surface area contributed by atoms with Gasteiger partial charge < -0.3 is 19.9 Å². The SMILES string of the molecule is CB1CCc2cc(S(=O)(=O)N(CC(C)C)C[C@@H](O)[C@H](Cc3ccccc3)NC(=O)OC3CCOC3)ccc21. The lowest BCUT2D eigenvalue weighted by atomic mass is 9.48. The fourth-order valence-electron chi connectivity index (χ4n) is 5.22. The van der Waals surface area contributed by atoms with Gasteiger partial charge in [0.25, 0.3) is 0 Å². The van der Waals surface area contributed by atoms with E-state index in [1.807, 2.05) is 50.2 Å². The lowest BCUT2D eigenvalue weighted by Crippen LogP contribution is -2.51. The van der Waals surface area contributed by atoms with E-state index in [2.05, 4.69) is 12.1 Å². The number of alkyl carbamates (subject to hydrolysis) is 1. The molecular formula is C28H39BN2O6S. The summed E-state index contributed by atoms with van der Waals surface area (Å²) in [6.07, 6.45) is 0.693. The van der Waals surface area contributed by atoms with Crippen molar-refractivity contribution in [2.45, 2.75) is 69.4 Å². The minimum Gasteiger partial charge on any atom is -0.444 e. The van der Waals surface area contributed by atoms with Crippen LogP contribution in [0.25, 0.3) is 0 Å². The normalized spacial score (nSPS) is 19.0. The third kappa shape index (κ3) is 7.17. The van der Waals surface area contributed by atoms with Crippen molar-refractivity contribution in [3.05, 3.63) is 59.7 Å². The molecule has 10 heteroatoms. The number of hydrogen-bond acceptors (Lipinski definition) is 6. The Morgan fingerprint density at radius 1 is 1.21 bits per heavy atom. The summed E-state index contributed by atoms with van der Waals surface area (Å²) < 4.78 is 39.7. The average Bonchev–Trinajstić information content (AvgIpc) is 3.53. The molecule has 2 heterocycles. The number of hydrogen-bond donors (Lipinski definition) is 2. The summed E-state index contributed by atoms with van der Waals surface area (Å²) >= 11 is 0. The maximum Gasteiger partial charge on any atom is 0.407 e. The number of nitrogens with one attached hydrogen (secondary N) is 1. The smallest absolute Gasteiger partial charge is 0.407 e. The molecule has 1 amide bonds. The van der Waals surface area contributed by atoms with Crippen LogP contribution in [0, 0.1) is 5.92 Å². The highest BCUT2D eigenvalue weighted by atomic mass is 32.2. The molecule has 3 atom stereocenters. The molecule has 2 aliphatic heterocycles. The number of benzene rings is 2. The minimum atomic E-state index is -3.87. The van der Waals surface area contributed by atoms with E-state index in [0.717, 1.165) is 23.9 Å². The van der Waals surface area contributed by atoms with Crippen LogP contribution in [0.2, 0.25) is 13.1 Å². The highest BCUT2D eigenvalue weighted by Crippen LogP contribution is 2.23. The number of aryl methyl sites for hydroxylation is 1. The minimum absolute atomic E-state index is 0.0410. The predicted molar refractivity (Wildman–Crippen MR) is 149 cm³/mol. The fourth-order valence-corrected chi connectivity index (χ4v) is 6.90. The van der Waals surface area contributed by atoms with Crippen LogP contribution >= 0.6 is 0 Å². The molecule has 1 saturated heterocycles. The van der Waals surface area contributed by atoms with Crippen molar-refractivity contribution in [2.24, 2.45) is 5.92 Å². The Morgan fingerprint density at radius 2 is 1.97 bits per heavy atom. The molecule has 8 nitrogen and oxygen atoms in total. The third-order valence-electron chi connectivity index (χ3n) is 7.32. The summed E-state index contributed by atoms with van der Waals surface area (Å²) in [4.78, 5) is 12.9. The summed E-state index contributed by atoms with van der Waals surface area (Å²) in [5, 5.41) is 14.2. The van der Waals surface area contributed by atoms with Gasteiger partial charge in [-0.2, -0.15) is 4.31 Å². The Hall–Kier alpha value is -2.40. The van der Waals surface area contributed by atoms with Gasteiger partial charge in [0.2, 0.25) is 10.0 Å². The average molecular weight is 543 g/mol. The van der Waals surface area contributed by atoms with Gasteiger partial charge in [-0.15, -0.1) is 0 Å². The predicted octanol–water partition coefficient (Wildman–Crippen LogP) is 2.71. The van der Waals surface area contributed by atoms with Crippen molar-refractivity contribution in [1.29, 1.82) is 0 Å². The fraction of sp³-hybridized carbons (Fsp3) is 0.536. The monoisotopic (exact) mass is 542 g/mol. The molecule has 2 aromatic rings. The first-order chi connectivity index (χ1) is 18.1. The Morgan fingerprint density at radius 3 is 2.66 bits per heavy atom. The van der Waals surface area contributed by atoms with Crippen LogP contribution in [0.15, 0.2) is 53.4 Å². The second kappa shape index (κ2) is 12.6. The number of nitrogens with zero attached hydrogens (tertiary/aromatic N) is 1. The molecule has 1 unspecified atom stereocenters. The van der Waals surface area contributed by atoms with Crippen LogP contribution in [0.3, 0.4) is 0 Å². The molecule has 0 aliphatic carbocycles. The van der Waals surface area contributed by atoms with Crippen LogP contribution in [0.5, 0.6) is 0 Å².